The van der Waals surface area contributed by atoms with E-state index in [0.717, 1.165) is 0 Å². The molecule has 1 saturated carbocycles. The third-order valence-corrected chi connectivity index (χ3v) is 4.22. The van der Waals surface area contributed by atoms with Crippen molar-refractivity contribution in [1.82, 2.24) is 10.2 Å². The molecule has 1 aliphatic heterocycles. The van der Waals surface area contributed by atoms with Gasteiger partial charge in [-0.3, -0.25) is 19.3 Å². The number of primary amides is 1. The third-order valence-electron chi connectivity index (χ3n) is 4.22. The molecule has 2 fully saturated rings. The molecule has 100 valence electrons. The Labute approximate surface area is 106 Å². The van der Waals surface area contributed by atoms with E-state index in [1.165, 1.54) is 4.90 Å². The smallest absolute Gasteiger partial charge is 0.234 e. The number of likely N-dealkylation sites (N-methyl/N-ethyl adjacent to an activating group) is 1. The first-order chi connectivity index (χ1) is 8.32. The van der Waals surface area contributed by atoms with Crippen LogP contribution in [0.4, 0.5) is 0 Å². The van der Waals surface area contributed by atoms with Gasteiger partial charge in [-0.1, -0.05) is 13.8 Å². The average Bonchev–Trinajstić information content (AvgIpc) is 2.74. The molecule has 2 rings (SSSR count). The number of likely N-dealkylation sites (tertiary alicyclic amines) is 1. The molecule has 0 bridgehead atoms. The monoisotopic (exact) mass is 253 g/mol. The highest BCUT2D eigenvalue weighted by atomic mass is 16.2. The molecular formula is C12H19N3O3. The molecule has 0 aromatic rings. The fourth-order valence-electron chi connectivity index (χ4n) is 2.91. The minimum Gasteiger partial charge on any atom is -0.368 e. The van der Waals surface area contributed by atoms with E-state index in [4.69, 9.17) is 5.73 Å². The Kier molecular flexibility index (Phi) is 2.93. The Morgan fingerprint density at radius 3 is 2.28 bits per heavy atom. The Balaban J connectivity index is 1.95. The second-order valence-corrected chi connectivity index (χ2v) is 5.64. The summed E-state index contributed by atoms with van der Waals surface area (Å²) in [6.45, 7) is 4.14. The van der Waals surface area contributed by atoms with Crippen molar-refractivity contribution < 1.29 is 14.4 Å². The first-order valence-corrected chi connectivity index (χ1v) is 6.14. The number of hydrogen-bond donors (Lipinski definition) is 2. The predicted octanol–water partition coefficient (Wildman–Crippen LogP) is -0.909. The molecule has 0 aromatic carbocycles. The molecule has 2 aliphatic rings. The topological polar surface area (TPSA) is 92.5 Å². The van der Waals surface area contributed by atoms with Crippen LogP contribution in [0.15, 0.2) is 0 Å². The first-order valence-electron chi connectivity index (χ1n) is 6.14. The van der Waals surface area contributed by atoms with Crippen LogP contribution in [0, 0.1) is 17.3 Å². The lowest BCUT2D eigenvalue weighted by Gasteiger charge is -2.22. The molecule has 6 heteroatoms. The SMILES string of the molecule is CNC(CCN1C(=O)C2C(C1=O)C2(C)C)C(N)=O. The van der Waals surface area contributed by atoms with Gasteiger partial charge in [0.05, 0.1) is 17.9 Å². The zero-order valence-electron chi connectivity index (χ0n) is 10.9. The van der Waals surface area contributed by atoms with E-state index in [-0.39, 0.29) is 35.6 Å². The minimum atomic E-state index is -0.504. The van der Waals surface area contributed by atoms with Crippen LogP contribution in [-0.2, 0) is 14.4 Å². The lowest BCUT2D eigenvalue weighted by Crippen LogP contribution is -2.44. The van der Waals surface area contributed by atoms with Crippen molar-refractivity contribution >= 4 is 17.7 Å². The van der Waals surface area contributed by atoms with Gasteiger partial charge in [-0.05, 0) is 18.9 Å². The van der Waals surface area contributed by atoms with Crippen LogP contribution in [0.2, 0.25) is 0 Å². The molecule has 0 radical (unpaired) electrons. The molecule has 3 N–H and O–H groups in total. The summed E-state index contributed by atoms with van der Waals surface area (Å²) in [5.74, 6) is -0.996. The van der Waals surface area contributed by atoms with Crippen molar-refractivity contribution in [2.24, 2.45) is 23.0 Å². The molecule has 18 heavy (non-hydrogen) atoms. The van der Waals surface area contributed by atoms with Gasteiger partial charge in [0.2, 0.25) is 17.7 Å². The molecule has 0 spiro atoms. The highest BCUT2D eigenvalue weighted by Gasteiger charge is 2.72. The molecule has 1 heterocycles. The van der Waals surface area contributed by atoms with Gasteiger partial charge in [-0.15, -0.1) is 0 Å². The molecule has 6 nitrogen and oxygen atoms in total. The normalized spacial score (nSPS) is 30.3. The summed E-state index contributed by atoms with van der Waals surface area (Å²) in [5, 5.41) is 2.77. The summed E-state index contributed by atoms with van der Waals surface area (Å²) in [6, 6.07) is -0.504. The van der Waals surface area contributed by atoms with E-state index in [2.05, 4.69) is 5.32 Å². The summed E-state index contributed by atoms with van der Waals surface area (Å²) in [7, 11) is 1.63. The largest absolute Gasteiger partial charge is 0.368 e. The van der Waals surface area contributed by atoms with Crippen LogP contribution in [0.1, 0.15) is 20.3 Å². The van der Waals surface area contributed by atoms with Gasteiger partial charge in [-0.2, -0.15) is 0 Å². The molecule has 1 aliphatic carbocycles. The highest BCUT2D eigenvalue weighted by molar-refractivity contribution is 6.10. The van der Waals surface area contributed by atoms with Gasteiger partial charge in [-0.25, -0.2) is 0 Å². The fourth-order valence-corrected chi connectivity index (χ4v) is 2.91. The van der Waals surface area contributed by atoms with E-state index in [1.807, 2.05) is 13.8 Å². The van der Waals surface area contributed by atoms with Gasteiger partial charge < -0.3 is 11.1 Å². The standard InChI is InChI=1S/C12H19N3O3/c1-12(2)7-8(12)11(18)15(10(7)17)5-4-6(14-3)9(13)16/h6-8,14H,4-5H2,1-3H3,(H2,13,16). The minimum absolute atomic E-state index is 0.102. The maximum absolute atomic E-state index is 12.0. The Morgan fingerprint density at radius 1 is 1.39 bits per heavy atom. The Bertz CT molecular complexity index is 395. The zero-order valence-corrected chi connectivity index (χ0v) is 10.9. The molecule has 0 aromatic heterocycles. The van der Waals surface area contributed by atoms with E-state index in [9.17, 15) is 14.4 Å². The van der Waals surface area contributed by atoms with E-state index in [0.29, 0.717) is 6.42 Å². The number of carbonyl (C=O) groups excluding carboxylic acids is 3. The number of hydrogen-bond acceptors (Lipinski definition) is 4. The van der Waals surface area contributed by atoms with Crippen LogP contribution in [0.5, 0.6) is 0 Å². The van der Waals surface area contributed by atoms with Crippen LogP contribution < -0.4 is 11.1 Å². The number of fused-ring (bicyclic) bond motifs is 1. The predicted molar refractivity (Wildman–Crippen MR) is 64.1 cm³/mol. The molecule has 3 atom stereocenters. The zero-order chi connectivity index (χ0) is 13.7. The summed E-state index contributed by atoms with van der Waals surface area (Å²) in [6.07, 6.45) is 0.364. The van der Waals surface area contributed by atoms with Gasteiger partial charge >= 0.3 is 0 Å². The van der Waals surface area contributed by atoms with Gasteiger partial charge in [0.1, 0.15) is 0 Å². The number of piperidine rings is 1. The average molecular weight is 253 g/mol. The maximum Gasteiger partial charge on any atom is 0.234 e. The summed E-state index contributed by atoms with van der Waals surface area (Å²) in [4.78, 5) is 36.3. The number of nitrogens with two attached hydrogens (primary N) is 1. The van der Waals surface area contributed by atoms with Crippen molar-refractivity contribution in [2.45, 2.75) is 26.3 Å². The van der Waals surface area contributed by atoms with E-state index >= 15 is 0 Å². The van der Waals surface area contributed by atoms with Crippen LogP contribution in [0.25, 0.3) is 0 Å². The second-order valence-electron chi connectivity index (χ2n) is 5.64. The highest BCUT2D eigenvalue weighted by Crippen LogP contribution is 2.63. The van der Waals surface area contributed by atoms with E-state index < -0.39 is 11.9 Å². The van der Waals surface area contributed by atoms with Gasteiger partial charge in [0.15, 0.2) is 0 Å². The lowest BCUT2D eigenvalue weighted by atomic mass is 10.1. The number of nitrogens with one attached hydrogen (secondary N) is 1. The van der Waals surface area contributed by atoms with E-state index in [1.54, 1.807) is 7.05 Å². The number of nitrogens with zero attached hydrogens (tertiary/aromatic N) is 1. The van der Waals surface area contributed by atoms with Gasteiger partial charge in [0, 0.05) is 6.54 Å². The number of rotatable bonds is 5. The molecule has 3 unspecified atom stereocenters. The van der Waals surface area contributed by atoms with Crippen LogP contribution >= 0.6 is 0 Å². The Hall–Kier alpha value is -1.43. The van der Waals surface area contributed by atoms with Crippen molar-refractivity contribution in [3.8, 4) is 0 Å². The molecule has 3 amide bonds. The van der Waals surface area contributed by atoms with Crippen LogP contribution in [0.3, 0.4) is 0 Å². The van der Waals surface area contributed by atoms with Gasteiger partial charge in [0.25, 0.3) is 0 Å². The Morgan fingerprint density at radius 2 is 1.89 bits per heavy atom. The second kappa shape index (κ2) is 4.05. The molecule has 1 saturated heterocycles. The summed E-state index contributed by atoms with van der Waals surface area (Å²) < 4.78 is 0. The maximum atomic E-state index is 12.0. The number of carbonyl (C=O) groups is 3. The lowest BCUT2D eigenvalue weighted by molar-refractivity contribution is -0.143. The van der Waals surface area contributed by atoms with Crippen molar-refractivity contribution in [1.29, 1.82) is 0 Å². The van der Waals surface area contributed by atoms with Crippen molar-refractivity contribution in [2.75, 3.05) is 13.6 Å². The summed E-state index contributed by atoms with van der Waals surface area (Å²) >= 11 is 0. The first kappa shape index (κ1) is 13.0. The fraction of sp³-hybridized carbons (Fsp3) is 0.750. The third kappa shape index (κ3) is 1.71. The summed E-state index contributed by atoms with van der Waals surface area (Å²) in [5.41, 5.74) is 5.01. The van der Waals surface area contributed by atoms with Crippen molar-refractivity contribution in [3.63, 3.8) is 0 Å². The number of imide groups is 1. The quantitative estimate of drug-likeness (QED) is 0.620. The van der Waals surface area contributed by atoms with Crippen LogP contribution in [-0.4, -0.2) is 42.3 Å². The number of amides is 3. The van der Waals surface area contributed by atoms with Crippen molar-refractivity contribution in [3.05, 3.63) is 0 Å². The molecular weight excluding hydrogens is 234 g/mol.